The summed E-state index contributed by atoms with van der Waals surface area (Å²) in [5, 5.41) is 5.69. The van der Waals surface area contributed by atoms with Gasteiger partial charge < -0.3 is 9.64 Å². The molecule has 1 amide bonds. The van der Waals surface area contributed by atoms with Gasteiger partial charge in [-0.05, 0) is 56.2 Å². The number of amides is 1. The first-order valence-electron chi connectivity index (χ1n) is 13.9. The largest absolute Gasteiger partial charge is 0.444 e. The molecule has 7 rings (SSSR count). The highest BCUT2D eigenvalue weighted by molar-refractivity contribution is 5.97. The van der Waals surface area contributed by atoms with Crippen LogP contribution in [0.25, 0.3) is 38.8 Å². The third-order valence-corrected chi connectivity index (χ3v) is 7.47. The van der Waals surface area contributed by atoms with Gasteiger partial charge >= 0.3 is 6.09 Å². The fourth-order valence-electron chi connectivity index (χ4n) is 5.47. The molecule has 3 aromatic heterocycles. The molecule has 2 aromatic carbocycles. The van der Waals surface area contributed by atoms with E-state index in [-0.39, 0.29) is 12.1 Å². The molecule has 2 fully saturated rings. The van der Waals surface area contributed by atoms with E-state index in [4.69, 9.17) is 9.72 Å². The minimum absolute atomic E-state index is 0.212. The number of benzene rings is 2. The average molecular weight is 535 g/mol. The van der Waals surface area contributed by atoms with Crippen LogP contribution in [-0.4, -0.2) is 61.3 Å². The first kappa shape index (κ1) is 25.8. The van der Waals surface area contributed by atoms with Crippen molar-refractivity contribution in [2.45, 2.75) is 52.3 Å². The Bertz CT molecular complexity index is 1680. The molecule has 1 unspecified atom stereocenters. The number of carbonyl (C=O) groups excluding carboxylic acids is 1. The lowest BCUT2D eigenvalue weighted by atomic mass is 9.85. The first-order chi connectivity index (χ1) is 19.4. The quantitative estimate of drug-likeness (QED) is 0.265. The van der Waals surface area contributed by atoms with Crippen molar-refractivity contribution in [2.24, 2.45) is 0 Å². The number of hydrogen-bond donors (Lipinski definition) is 0. The molecule has 2 aliphatic heterocycles. The smallest absolute Gasteiger partial charge is 0.410 e. The van der Waals surface area contributed by atoms with Gasteiger partial charge in [-0.3, -0.25) is 9.88 Å². The summed E-state index contributed by atoms with van der Waals surface area (Å²) in [6, 6.07) is 19.3. The monoisotopic (exact) mass is 534 g/mol. The molecule has 0 bridgehead atoms. The third kappa shape index (κ3) is 4.43. The van der Waals surface area contributed by atoms with Crippen molar-refractivity contribution in [3.8, 4) is 22.3 Å². The Kier molecular flexibility index (Phi) is 6.41. The minimum atomic E-state index is -0.468. The van der Waals surface area contributed by atoms with Crippen molar-refractivity contribution in [3.05, 3.63) is 79.4 Å². The SMILES string of the molecule is CC.CC(C)(C)OC(=O)N1CC2[C@H]1CN2c1ccc(-c2cnc3c(-c4ccnc5ccccc45)cnn3c2)cc1. The molecule has 0 radical (unpaired) electrons. The number of likely N-dealkylation sites (tertiary alicyclic amines) is 1. The van der Waals surface area contributed by atoms with E-state index in [9.17, 15) is 4.79 Å². The van der Waals surface area contributed by atoms with E-state index in [2.05, 4.69) is 45.3 Å². The van der Waals surface area contributed by atoms with E-state index in [0.29, 0.717) is 12.6 Å². The Labute approximate surface area is 234 Å². The summed E-state index contributed by atoms with van der Waals surface area (Å²) < 4.78 is 7.37. The molecule has 2 saturated heterocycles. The van der Waals surface area contributed by atoms with E-state index in [1.807, 2.05) is 93.1 Å². The minimum Gasteiger partial charge on any atom is -0.444 e. The molecule has 5 aromatic rings. The van der Waals surface area contributed by atoms with Gasteiger partial charge in [0.2, 0.25) is 0 Å². The second-order valence-electron chi connectivity index (χ2n) is 11.0. The van der Waals surface area contributed by atoms with Gasteiger partial charge in [-0.25, -0.2) is 14.3 Å². The molecule has 0 saturated carbocycles. The molecule has 8 nitrogen and oxygen atoms in total. The molecular formula is C32H34N6O2. The van der Waals surface area contributed by atoms with Gasteiger partial charge in [-0.15, -0.1) is 0 Å². The number of ether oxygens (including phenoxy) is 1. The standard InChI is InChI=1S/C30H28N6O2.C2H6/c1-30(2,3)38-29(37)35-18-26-27(35)17-34(26)21-10-8-19(9-11-21)20-14-32-28-24(15-33-36(28)16-20)22-12-13-31-25-7-5-4-6-23(22)25;1-2/h4-16,26-27H,17-18H2,1-3H3;1-2H3/t26?,27-;/m1./s1. The summed E-state index contributed by atoms with van der Waals surface area (Å²) in [5.74, 6) is 0. The van der Waals surface area contributed by atoms with Gasteiger partial charge in [-0.1, -0.05) is 44.2 Å². The fourth-order valence-corrected chi connectivity index (χ4v) is 5.47. The van der Waals surface area contributed by atoms with Gasteiger partial charge in [0.15, 0.2) is 5.65 Å². The Morgan fingerprint density at radius 1 is 0.875 bits per heavy atom. The van der Waals surface area contributed by atoms with E-state index >= 15 is 0 Å². The maximum absolute atomic E-state index is 12.4. The first-order valence-corrected chi connectivity index (χ1v) is 13.9. The van der Waals surface area contributed by atoms with Crippen LogP contribution < -0.4 is 4.90 Å². The summed E-state index contributed by atoms with van der Waals surface area (Å²) in [6.45, 7) is 11.2. The van der Waals surface area contributed by atoms with Crippen LogP contribution in [0.2, 0.25) is 0 Å². The Balaban J connectivity index is 0.00000142. The molecule has 5 heterocycles. The predicted octanol–water partition coefficient (Wildman–Crippen LogP) is 6.45. The van der Waals surface area contributed by atoms with Gasteiger partial charge in [0, 0.05) is 53.9 Å². The van der Waals surface area contributed by atoms with Gasteiger partial charge in [0.25, 0.3) is 0 Å². The molecule has 0 aliphatic carbocycles. The van der Waals surface area contributed by atoms with Crippen LogP contribution in [0.5, 0.6) is 0 Å². The van der Waals surface area contributed by atoms with Crippen LogP contribution >= 0.6 is 0 Å². The highest BCUT2D eigenvalue weighted by Crippen LogP contribution is 2.39. The zero-order valence-corrected chi connectivity index (χ0v) is 23.6. The number of anilines is 1. The highest BCUT2D eigenvalue weighted by Gasteiger charge is 2.54. The molecule has 0 N–H and O–H groups in total. The predicted molar refractivity (Wildman–Crippen MR) is 158 cm³/mol. The Morgan fingerprint density at radius 3 is 2.38 bits per heavy atom. The number of rotatable bonds is 3. The fraction of sp³-hybridized carbons (Fsp3) is 0.312. The molecule has 8 heteroatoms. The van der Waals surface area contributed by atoms with Crippen LogP contribution in [0.15, 0.2) is 79.4 Å². The van der Waals surface area contributed by atoms with Crippen molar-refractivity contribution in [2.75, 3.05) is 18.0 Å². The third-order valence-electron chi connectivity index (χ3n) is 7.47. The Hall–Kier alpha value is -4.46. The van der Waals surface area contributed by atoms with E-state index in [1.54, 1.807) is 0 Å². The van der Waals surface area contributed by atoms with Gasteiger partial charge in [-0.2, -0.15) is 5.10 Å². The second-order valence-corrected chi connectivity index (χ2v) is 11.0. The summed E-state index contributed by atoms with van der Waals surface area (Å²) >= 11 is 0. The number of pyridine rings is 1. The van der Waals surface area contributed by atoms with Crippen molar-refractivity contribution < 1.29 is 9.53 Å². The molecule has 0 spiro atoms. The number of nitrogens with zero attached hydrogens (tertiary/aromatic N) is 6. The molecule has 204 valence electrons. The van der Waals surface area contributed by atoms with Crippen LogP contribution in [0, 0.1) is 0 Å². The zero-order chi connectivity index (χ0) is 28.0. The normalized spacial score (nSPS) is 17.9. The number of carbonyl (C=O) groups is 1. The summed E-state index contributed by atoms with van der Waals surface area (Å²) in [6.07, 6.45) is 7.42. The summed E-state index contributed by atoms with van der Waals surface area (Å²) in [4.78, 5) is 25.8. The van der Waals surface area contributed by atoms with Crippen molar-refractivity contribution in [3.63, 3.8) is 0 Å². The molecule has 40 heavy (non-hydrogen) atoms. The molecular weight excluding hydrogens is 500 g/mol. The van der Waals surface area contributed by atoms with Crippen molar-refractivity contribution in [1.29, 1.82) is 0 Å². The Morgan fingerprint density at radius 2 is 1.65 bits per heavy atom. The van der Waals surface area contributed by atoms with Crippen molar-refractivity contribution in [1.82, 2.24) is 24.5 Å². The number of aromatic nitrogens is 4. The topological polar surface area (TPSA) is 75.9 Å². The number of piperazine rings is 1. The molecule has 2 aliphatic rings. The number of hydrogen-bond acceptors (Lipinski definition) is 6. The van der Waals surface area contributed by atoms with Crippen molar-refractivity contribution >= 4 is 28.3 Å². The lowest BCUT2D eigenvalue weighted by molar-refractivity contribution is -0.0309. The van der Waals surface area contributed by atoms with Crippen LogP contribution in [0.4, 0.5) is 10.5 Å². The lowest BCUT2D eigenvalue weighted by Gasteiger charge is -2.62. The van der Waals surface area contributed by atoms with Crippen LogP contribution in [0.3, 0.4) is 0 Å². The zero-order valence-electron chi connectivity index (χ0n) is 23.6. The maximum Gasteiger partial charge on any atom is 0.410 e. The van der Waals surface area contributed by atoms with Crippen LogP contribution in [-0.2, 0) is 4.74 Å². The summed E-state index contributed by atoms with van der Waals surface area (Å²) in [7, 11) is 0. The van der Waals surface area contributed by atoms with E-state index in [1.165, 1.54) is 5.69 Å². The number of fused-ring (bicyclic) bond motifs is 3. The highest BCUT2D eigenvalue weighted by atomic mass is 16.6. The van der Waals surface area contributed by atoms with E-state index < -0.39 is 5.60 Å². The maximum atomic E-state index is 12.4. The average Bonchev–Trinajstić information content (AvgIpc) is 3.37. The number of para-hydroxylation sites is 1. The van der Waals surface area contributed by atoms with Gasteiger partial charge in [0.1, 0.15) is 5.60 Å². The van der Waals surface area contributed by atoms with Crippen LogP contribution in [0.1, 0.15) is 34.6 Å². The van der Waals surface area contributed by atoms with Gasteiger partial charge in [0.05, 0.1) is 23.8 Å². The molecule has 2 atom stereocenters. The summed E-state index contributed by atoms with van der Waals surface area (Å²) in [5.41, 5.74) is 6.60. The lowest BCUT2D eigenvalue weighted by Crippen LogP contribution is -2.80. The van der Waals surface area contributed by atoms with E-state index in [0.717, 1.165) is 45.3 Å². The second kappa shape index (κ2) is 9.93.